The largest absolute Gasteiger partial charge is 0.492 e. The highest BCUT2D eigenvalue weighted by Gasteiger charge is 2.26. The summed E-state index contributed by atoms with van der Waals surface area (Å²) in [6.45, 7) is 6.61. The molecule has 5 heteroatoms. The Kier molecular flexibility index (Phi) is 6.86. The zero-order valence-electron chi connectivity index (χ0n) is 14.1. The van der Waals surface area contributed by atoms with Crippen LogP contribution >= 0.6 is 0 Å². The van der Waals surface area contributed by atoms with Gasteiger partial charge in [0.25, 0.3) is 0 Å². The molecule has 23 heavy (non-hydrogen) atoms. The Labute approximate surface area is 138 Å². The number of rotatable bonds is 7. The van der Waals surface area contributed by atoms with Crippen molar-refractivity contribution < 1.29 is 14.3 Å². The molecule has 1 aromatic carbocycles. The molecule has 3 N–H and O–H groups in total. The molecule has 1 saturated heterocycles. The summed E-state index contributed by atoms with van der Waals surface area (Å²) in [4.78, 5) is 12.0. The fraction of sp³-hybridized carbons (Fsp3) is 0.611. The molecule has 0 radical (unpaired) electrons. The van der Waals surface area contributed by atoms with Gasteiger partial charge in [-0.15, -0.1) is 0 Å². The smallest absolute Gasteiger partial charge is 0.237 e. The van der Waals surface area contributed by atoms with Crippen molar-refractivity contribution in [1.82, 2.24) is 5.32 Å². The Morgan fingerprint density at radius 2 is 1.96 bits per heavy atom. The monoisotopic (exact) mass is 320 g/mol. The summed E-state index contributed by atoms with van der Waals surface area (Å²) < 4.78 is 10.9. The van der Waals surface area contributed by atoms with Crippen molar-refractivity contribution in [3.63, 3.8) is 0 Å². The van der Waals surface area contributed by atoms with E-state index in [1.165, 1.54) is 5.56 Å². The molecule has 1 aliphatic rings. The number of hydrogen-bond acceptors (Lipinski definition) is 4. The predicted octanol–water partition coefficient (Wildman–Crippen LogP) is 2.06. The van der Waals surface area contributed by atoms with E-state index in [1.807, 2.05) is 12.1 Å². The molecular weight excluding hydrogens is 292 g/mol. The third kappa shape index (κ3) is 5.52. The Morgan fingerprint density at radius 1 is 1.30 bits per heavy atom. The molecule has 1 aliphatic heterocycles. The number of carbonyl (C=O) groups excluding carboxylic acids is 1. The Balaban J connectivity index is 1.67. The second kappa shape index (κ2) is 8.89. The van der Waals surface area contributed by atoms with E-state index in [-0.39, 0.29) is 11.8 Å². The lowest BCUT2D eigenvalue weighted by molar-refractivity contribution is -0.124. The van der Waals surface area contributed by atoms with Gasteiger partial charge in [-0.1, -0.05) is 26.0 Å². The first-order valence-corrected chi connectivity index (χ1v) is 8.41. The number of carbonyl (C=O) groups is 1. The zero-order valence-corrected chi connectivity index (χ0v) is 14.1. The third-order valence-corrected chi connectivity index (χ3v) is 4.29. The van der Waals surface area contributed by atoms with Crippen LogP contribution in [0.5, 0.6) is 5.75 Å². The van der Waals surface area contributed by atoms with Crippen LogP contribution in [0.4, 0.5) is 0 Å². The van der Waals surface area contributed by atoms with Crippen LogP contribution in [0.2, 0.25) is 0 Å². The molecule has 1 heterocycles. The SMILES string of the molecule is CC(C)c1ccc(OCCNC(=O)C(N)C2CCOCC2)cc1. The molecule has 0 bridgehead atoms. The molecule has 1 unspecified atom stereocenters. The highest BCUT2D eigenvalue weighted by Crippen LogP contribution is 2.19. The number of benzene rings is 1. The molecule has 0 aromatic heterocycles. The van der Waals surface area contributed by atoms with Gasteiger partial charge >= 0.3 is 0 Å². The predicted molar refractivity (Wildman–Crippen MR) is 90.6 cm³/mol. The molecule has 1 amide bonds. The van der Waals surface area contributed by atoms with Crippen LogP contribution in [0.25, 0.3) is 0 Å². The van der Waals surface area contributed by atoms with Crippen molar-refractivity contribution in [3.05, 3.63) is 29.8 Å². The van der Waals surface area contributed by atoms with Gasteiger partial charge < -0.3 is 20.5 Å². The average Bonchev–Trinajstić information content (AvgIpc) is 2.59. The van der Waals surface area contributed by atoms with E-state index in [0.717, 1.165) is 18.6 Å². The topological polar surface area (TPSA) is 73.6 Å². The van der Waals surface area contributed by atoms with E-state index in [4.69, 9.17) is 15.2 Å². The van der Waals surface area contributed by atoms with Gasteiger partial charge in [-0.25, -0.2) is 0 Å². The van der Waals surface area contributed by atoms with Gasteiger partial charge in [0.05, 0.1) is 12.6 Å². The molecule has 1 fully saturated rings. The van der Waals surface area contributed by atoms with Crippen LogP contribution in [0.15, 0.2) is 24.3 Å². The summed E-state index contributed by atoms with van der Waals surface area (Å²) in [6.07, 6.45) is 1.71. The van der Waals surface area contributed by atoms with Crippen LogP contribution < -0.4 is 15.8 Å². The van der Waals surface area contributed by atoms with Gasteiger partial charge in [0, 0.05) is 13.2 Å². The Morgan fingerprint density at radius 3 is 2.57 bits per heavy atom. The summed E-state index contributed by atoms with van der Waals surface area (Å²) in [5.41, 5.74) is 7.31. The van der Waals surface area contributed by atoms with Crippen molar-refractivity contribution in [2.24, 2.45) is 11.7 Å². The maximum Gasteiger partial charge on any atom is 0.237 e. The number of amides is 1. The summed E-state index contributed by atoms with van der Waals surface area (Å²) in [7, 11) is 0. The maximum atomic E-state index is 12.0. The fourth-order valence-electron chi connectivity index (χ4n) is 2.70. The number of ether oxygens (including phenoxy) is 2. The first-order valence-electron chi connectivity index (χ1n) is 8.41. The number of hydrogen-bond donors (Lipinski definition) is 2. The van der Waals surface area contributed by atoms with Crippen LogP contribution in [0.3, 0.4) is 0 Å². The number of nitrogens with one attached hydrogen (secondary N) is 1. The Bertz CT molecular complexity index is 482. The van der Waals surface area contributed by atoms with E-state index in [2.05, 4.69) is 31.3 Å². The molecule has 0 aliphatic carbocycles. The molecule has 128 valence electrons. The molecule has 0 saturated carbocycles. The minimum absolute atomic E-state index is 0.101. The second-order valence-electron chi connectivity index (χ2n) is 6.34. The maximum absolute atomic E-state index is 12.0. The van der Waals surface area contributed by atoms with Gasteiger partial charge in [-0.2, -0.15) is 0 Å². The summed E-state index contributed by atoms with van der Waals surface area (Å²) in [6, 6.07) is 7.61. The van der Waals surface area contributed by atoms with Crippen molar-refractivity contribution >= 4 is 5.91 Å². The molecular formula is C18H28N2O3. The van der Waals surface area contributed by atoms with E-state index >= 15 is 0 Å². The van der Waals surface area contributed by atoms with E-state index in [1.54, 1.807) is 0 Å². The lowest BCUT2D eigenvalue weighted by Crippen LogP contribution is -2.47. The van der Waals surface area contributed by atoms with Crippen molar-refractivity contribution in [1.29, 1.82) is 0 Å². The van der Waals surface area contributed by atoms with Crippen LogP contribution in [0, 0.1) is 5.92 Å². The van der Waals surface area contributed by atoms with Gasteiger partial charge in [0.15, 0.2) is 0 Å². The zero-order chi connectivity index (χ0) is 16.7. The lowest BCUT2D eigenvalue weighted by Gasteiger charge is -2.26. The van der Waals surface area contributed by atoms with Gasteiger partial charge in [0.1, 0.15) is 12.4 Å². The fourth-order valence-corrected chi connectivity index (χ4v) is 2.70. The van der Waals surface area contributed by atoms with Crippen molar-refractivity contribution in [3.8, 4) is 5.75 Å². The number of nitrogens with two attached hydrogens (primary N) is 1. The minimum atomic E-state index is -0.454. The standard InChI is InChI=1S/C18H28N2O3/c1-13(2)14-3-5-16(6-4-14)23-12-9-20-18(21)17(19)15-7-10-22-11-8-15/h3-6,13,15,17H,7-12,19H2,1-2H3,(H,20,21). The van der Waals surface area contributed by atoms with E-state index < -0.39 is 6.04 Å². The Hall–Kier alpha value is -1.59. The van der Waals surface area contributed by atoms with Gasteiger partial charge in [-0.05, 0) is 42.4 Å². The first-order chi connectivity index (χ1) is 11.1. The second-order valence-corrected chi connectivity index (χ2v) is 6.34. The third-order valence-electron chi connectivity index (χ3n) is 4.29. The highest BCUT2D eigenvalue weighted by molar-refractivity contribution is 5.81. The van der Waals surface area contributed by atoms with Crippen molar-refractivity contribution in [2.45, 2.75) is 38.6 Å². The normalized spacial score (nSPS) is 17.0. The van der Waals surface area contributed by atoms with E-state index in [0.29, 0.717) is 32.3 Å². The average molecular weight is 320 g/mol. The molecule has 2 rings (SSSR count). The van der Waals surface area contributed by atoms with Gasteiger partial charge in [0.2, 0.25) is 5.91 Å². The van der Waals surface area contributed by atoms with E-state index in [9.17, 15) is 4.79 Å². The molecule has 1 aromatic rings. The minimum Gasteiger partial charge on any atom is -0.492 e. The molecule has 5 nitrogen and oxygen atoms in total. The van der Waals surface area contributed by atoms with Crippen LogP contribution in [-0.2, 0) is 9.53 Å². The summed E-state index contributed by atoms with van der Waals surface area (Å²) in [5.74, 6) is 1.44. The molecule has 1 atom stereocenters. The quantitative estimate of drug-likeness (QED) is 0.754. The van der Waals surface area contributed by atoms with Crippen LogP contribution in [-0.4, -0.2) is 38.3 Å². The van der Waals surface area contributed by atoms with Gasteiger partial charge in [-0.3, -0.25) is 4.79 Å². The first kappa shape index (κ1) is 17.8. The summed E-state index contributed by atoms with van der Waals surface area (Å²) in [5, 5.41) is 2.85. The van der Waals surface area contributed by atoms with Crippen LogP contribution in [0.1, 0.15) is 38.2 Å². The summed E-state index contributed by atoms with van der Waals surface area (Å²) >= 11 is 0. The lowest BCUT2D eigenvalue weighted by atomic mass is 9.92. The highest BCUT2D eigenvalue weighted by atomic mass is 16.5. The molecule has 0 spiro atoms. The van der Waals surface area contributed by atoms with Crippen molar-refractivity contribution in [2.75, 3.05) is 26.4 Å².